The first-order valence-electron chi connectivity index (χ1n) is 3.93. The van der Waals surface area contributed by atoms with E-state index in [1.165, 1.54) is 6.26 Å². The number of aliphatic hydroxyl groups is 1. The summed E-state index contributed by atoms with van der Waals surface area (Å²) in [7, 11) is 0. The molecule has 1 rings (SSSR count). The topological polar surface area (TPSA) is 67.5 Å². The fourth-order valence-electron chi connectivity index (χ4n) is 0.892. The van der Waals surface area contributed by atoms with Gasteiger partial charge in [0.2, 0.25) is 0 Å². The molecule has 0 atom stereocenters. The summed E-state index contributed by atoms with van der Waals surface area (Å²) >= 11 is 0. The van der Waals surface area contributed by atoms with Crippen LogP contribution in [0.25, 0.3) is 0 Å². The van der Waals surface area contributed by atoms with Crippen LogP contribution in [0.1, 0.15) is 23.4 Å². The predicted molar refractivity (Wildman–Crippen MR) is 44.4 cm³/mol. The lowest BCUT2D eigenvalue weighted by molar-refractivity contribution is -0.121. The fourth-order valence-corrected chi connectivity index (χ4v) is 0.892. The van der Waals surface area contributed by atoms with Gasteiger partial charge in [-0.15, -0.1) is 0 Å². The van der Waals surface area contributed by atoms with Crippen molar-refractivity contribution in [3.63, 3.8) is 0 Å². The molecule has 4 nitrogen and oxygen atoms in total. The van der Waals surface area contributed by atoms with Gasteiger partial charge < -0.3 is 9.52 Å². The molecule has 0 bridgehead atoms. The largest absolute Gasteiger partial charge is 0.461 e. The molecule has 0 aliphatic heterocycles. The first kappa shape index (κ1) is 9.67. The Labute approximate surface area is 75.2 Å². The molecule has 0 aliphatic carbocycles. The standard InChI is InChI=1S/C9H10O4/c10-6-7(11)3-4-8(12)9-2-1-5-13-9/h1-2,5,10H,3-4,6H2. The Morgan fingerprint density at radius 2 is 2.15 bits per heavy atom. The van der Waals surface area contributed by atoms with Crippen molar-refractivity contribution in [3.05, 3.63) is 24.2 Å². The van der Waals surface area contributed by atoms with E-state index in [-0.39, 0.29) is 30.2 Å². The lowest BCUT2D eigenvalue weighted by Crippen LogP contribution is -2.07. The summed E-state index contributed by atoms with van der Waals surface area (Å²) < 4.78 is 4.84. The minimum atomic E-state index is -0.508. The van der Waals surface area contributed by atoms with Crippen LogP contribution in [0.15, 0.2) is 22.8 Å². The monoisotopic (exact) mass is 182 g/mol. The van der Waals surface area contributed by atoms with Crippen LogP contribution in [0, 0.1) is 0 Å². The summed E-state index contributed by atoms with van der Waals surface area (Å²) in [6, 6.07) is 3.16. The van der Waals surface area contributed by atoms with Crippen LogP contribution in [0.4, 0.5) is 0 Å². The lowest BCUT2D eigenvalue weighted by Gasteiger charge is -1.94. The van der Waals surface area contributed by atoms with Gasteiger partial charge in [0.05, 0.1) is 6.26 Å². The zero-order valence-electron chi connectivity index (χ0n) is 7.03. The molecule has 0 amide bonds. The van der Waals surface area contributed by atoms with Gasteiger partial charge in [-0.25, -0.2) is 0 Å². The third-order valence-electron chi connectivity index (χ3n) is 1.60. The van der Waals surface area contributed by atoms with E-state index in [1.54, 1.807) is 12.1 Å². The summed E-state index contributed by atoms with van der Waals surface area (Å²) in [5, 5.41) is 8.39. The average molecular weight is 182 g/mol. The lowest BCUT2D eigenvalue weighted by atomic mass is 10.1. The van der Waals surface area contributed by atoms with E-state index in [2.05, 4.69) is 0 Å². The number of hydrogen-bond acceptors (Lipinski definition) is 4. The molecule has 0 radical (unpaired) electrons. The Bertz CT molecular complexity index is 287. The molecular weight excluding hydrogens is 172 g/mol. The molecule has 0 aromatic carbocycles. The first-order valence-corrected chi connectivity index (χ1v) is 3.93. The molecule has 1 N–H and O–H groups in total. The highest BCUT2D eigenvalue weighted by molar-refractivity contribution is 5.96. The summed E-state index contributed by atoms with van der Waals surface area (Å²) in [6.07, 6.45) is 1.56. The van der Waals surface area contributed by atoms with Crippen molar-refractivity contribution in [2.75, 3.05) is 6.61 Å². The van der Waals surface area contributed by atoms with Crippen LogP contribution in [-0.4, -0.2) is 23.3 Å². The van der Waals surface area contributed by atoms with Gasteiger partial charge in [0.25, 0.3) is 0 Å². The fraction of sp³-hybridized carbons (Fsp3) is 0.333. The normalized spacial score (nSPS) is 9.92. The molecule has 0 saturated heterocycles. The maximum absolute atomic E-state index is 11.2. The van der Waals surface area contributed by atoms with Gasteiger partial charge in [-0.3, -0.25) is 9.59 Å². The van der Waals surface area contributed by atoms with Gasteiger partial charge >= 0.3 is 0 Å². The number of furan rings is 1. The predicted octanol–water partition coefficient (Wildman–Crippen LogP) is 0.804. The van der Waals surface area contributed by atoms with Gasteiger partial charge in [-0.05, 0) is 12.1 Å². The second-order valence-corrected chi connectivity index (χ2v) is 2.60. The molecule has 0 spiro atoms. The molecule has 0 aliphatic rings. The van der Waals surface area contributed by atoms with Crippen LogP contribution in [0.3, 0.4) is 0 Å². The number of carbonyl (C=O) groups excluding carboxylic acids is 2. The van der Waals surface area contributed by atoms with Gasteiger partial charge in [-0.1, -0.05) is 0 Å². The maximum atomic E-state index is 11.2. The highest BCUT2D eigenvalue weighted by atomic mass is 16.3. The Morgan fingerprint density at radius 1 is 1.38 bits per heavy atom. The van der Waals surface area contributed by atoms with Crippen molar-refractivity contribution >= 4 is 11.6 Å². The molecule has 4 heteroatoms. The van der Waals surface area contributed by atoms with Crippen LogP contribution < -0.4 is 0 Å². The molecule has 0 fully saturated rings. The smallest absolute Gasteiger partial charge is 0.198 e. The molecule has 1 aromatic rings. The number of carbonyl (C=O) groups is 2. The first-order chi connectivity index (χ1) is 6.24. The Balaban J connectivity index is 2.39. The number of hydrogen-bond donors (Lipinski definition) is 1. The SMILES string of the molecule is O=C(CO)CCC(=O)c1ccco1. The minimum Gasteiger partial charge on any atom is -0.461 e. The molecular formula is C9H10O4. The van der Waals surface area contributed by atoms with Crippen LogP contribution in [-0.2, 0) is 4.79 Å². The van der Waals surface area contributed by atoms with Crippen molar-refractivity contribution in [2.45, 2.75) is 12.8 Å². The summed E-state index contributed by atoms with van der Waals surface area (Å²) in [5.41, 5.74) is 0. The van der Waals surface area contributed by atoms with Crippen LogP contribution >= 0.6 is 0 Å². The zero-order valence-corrected chi connectivity index (χ0v) is 7.03. The third kappa shape index (κ3) is 2.83. The van der Waals surface area contributed by atoms with E-state index in [0.717, 1.165) is 0 Å². The van der Waals surface area contributed by atoms with E-state index >= 15 is 0 Å². The van der Waals surface area contributed by atoms with E-state index in [0.29, 0.717) is 0 Å². The van der Waals surface area contributed by atoms with Crippen molar-refractivity contribution in [1.82, 2.24) is 0 Å². The molecule has 1 heterocycles. The highest BCUT2D eigenvalue weighted by Gasteiger charge is 2.10. The maximum Gasteiger partial charge on any atom is 0.198 e. The van der Waals surface area contributed by atoms with Crippen molar-refractivity contribution in [1.29, 1.82) is 0 Å². The number of Topliss-reactive ketones (excluding diaryl/α,β-unsaturated/α-hetero) is 2. The van der Waals surface area contributed by atoms with Crippen molar-refractivity contribution in [3.8, 4) is 0 Å². The summed E-state index contributed by atoms with van der Waals surface area (Å²) in [5.74, 6) is -0.294. The quantitative estimate of drug-likeness (QED) is 0.684. The Morgan fingerprint density at radius 3 is 2.69 bits per heavy atom. The number of ketones is 2. The van der Waals surface area contributed by atoms with Gasteiger partial charge in [0, 0.05) is 12.8 Å². The molecule has 1 aromatic heterocycles. The average Bonchev–Trinajstić information content (AvgIpc) is 2.66. The highest BCUT2D eigenvalue weighted by Crippen LogP contribution is 2.05. The molecule has 0 unspecified atom stereocenters. The van der Waals surface area contributed by atoms with Crippen molar-refractivity contribution in [2.24, 2.45) is 0 Å². The van der Waals surface area contributed by atoms with Crippen LogP contribution in [0.2, 0.25) is 0 Å². The summed E-state index contributed by atoms with van der Waals surface area (Å²) in [4.78, 5) is 21.9. The molecule has 13 heavy (non-hydrogen) atoms. The number of rotatable bonds is 5. The third-order valence-corrected chi connectivity index (χ3v) is 1.60. The second-order valence-electron chi connectivity index (χ2n) is 2.60. The minimum absolute atomic E-state index is 0.0655. The summed E-state index contributed by atoms with van der Waals surface area (Å²) in [6.45, 7) is -0.508. The van der Waals surface area contributed by atoms with Gasteiger partial charge in [0.1, 0.15) is 6.61 Å². The molecule has 0 saturated carbocycles. The molecule has 70 valence electrons. The Kier molecular flexibility index (Phi) is 3.40. The van der Waals surface area contributed by atoms with Gasteiger partial charge in [0.15, 0.2) is 17.3 Å². The Hall–Kier alpha value is -1.42. The van der Waals surface area contributed by atoms with E-state index in [9.17, 15) is 9.59 Å². The van der Waals surface area contributed by atoms with E-state index < -0.39 is 6.61 Å². The van der Waals surface area contributed by atoms with Gasteiger partial charge in [-0.2, -0.15) is 0 Å². The zero-order chi connectivity index (χ0) is 9.68. The second kappa shape index (κ2) is 4.57. The van der Waals surface area contributed by atoms with E-state index in [4.69, 9.17) is 9.52 Å². The van der Waals surface area contributed by atoms with Crippen molar-refractivity contribution < 1.29 is 19.1 Å². The number of aliphatic hydroxyl groups excluding tert-OH is 1. The van der Waals surface area contributed by atoms with E-state index in [1.807, 2.05) is 0 Å². The van der Waals surface area contributed by atoms with Crippen LogP contribution in [0.5, 0.6) is 0 Å².